The molecule has 0 bridgehead atoms. The third-order valence-electron chi connectivity index (χ3n) is 2.75. The molecule has 5 nitrogen and oxygen atoms in total. The summed E-state index contributed by atoms with van der Waals surface area (Å²) in [6.45, 7) is 2.42. The van der Waals surface area contributed by atoms with E-state index in [0.717, 1.165) is 27.4 Å². The number of ether oxygens (including phenoxy) is 1. The monoisotopic (exact) mass is 336 g/mol. The molecule has 0 radical (unpaired) electrons. The molecule has 0 saturated heterocycles. The predicted molar refractivity (Wildman–Crippen MR) is 84.5 cm³/mol. The van der Waals surface area contributed by atoms with Gasteiger partial charge in [0.25, 0.3) is 0 Å². The Kier molecular flexibility index (Phi) is 4.92. The Morgan fingerprint density at radius 1 is 1.20 bits per heavy atom. The highest BCUT2D eigenvalue weighted by Crippen LogP contribution is 2.24. The van der Waals surface area contributed by atoms with Gasteiger partial charge in [0.15, 0.2) is 5.82 Å². The molecule has 6 heteroatoms. The summed E-state index contributed by atoms with van der Waals surface area (Å²) in [7, 11) is 3.45. The number of rotatable bonds is 5. The summed E-state index contributed by atoms with van der Waals surface area (Å²) in [6.07, 6.45) is 0. The lowest BCUT2D eigenvalue weighted by Crippen LogP contribution is -2.05. The molecular formula is C14H17BrN4O. The van der Waals surface area contributed by atoms with Crippen molar-refractivity contribution in [2.24, 2.45) is 0 Å². The zero-order valence-corrected chi connectivity index (χ0v) is 13.3. The van der Waals surface area contributed by atoms with E-state index in [2.05, 4.69) is 42.6 Å². The number of halogens is 1. The van der Waals surface area contributed by atoms with Crippen molar-refractivity contribution in [3.8, 4) is 0 Å². The molecule has 1 aromatic heterocycles. The molecule has 0 atom stereocenters. The molecule has 0 amide bonds. The Labute approximate surface area is 126 Å². The SMILES string of the molecule is CNc1cc(Nc2ccc(Br)cc2C)nc(COC)n1. The molecule has 0 saturated carbocycles. The average molecular weight is 337 g/mol. The van der Waals surface area contributed by atoms with Crippen LogP contribution >= 0.6 is 15.9 Å². The quantitative estimate of drug-likeness (QED) is 0.875. The summed E-state index contributed by atoms with van der Waals surface area (Å²) in [5.74, 6) is 2.13. The lowest BCUT2D eigenvalue weighted by Gasteiger charge is -2.11. The van der Waals surface area contributed by atoms with Gasteiger partial charge in [0.2, 0.25) is 0 Å². The van der Waals surface area contributed by atoms with Crippen LogP contribution in [-0.2, 0) is 11.3 Å². The number of aromatic nitrogens is 2. The van der Waals surface area contributed by atoms with Gasteiger partial charge in [0.1, 0.15) is 18.2 Å². The molecule has 0 unspecified atom stereocenters. The van der Waals surface area contributed by atoms with Gasteiger partial charge in [-0.25, -0.2) is 9.97 Å². The highest BCUT2D eigenvalue weighted by atomic mass is 79.9. The topological polar surface area (TPSA) is 59.1 Å². The largest absolute Gasteiger partial charge is 0.377 e. The predicted octanol–water partition coefficient (Wildman–Crippen LogP) is 3.48. The lowest BCUT2D eigenvalue weighted by atomic mass is 10.2. The summed E-state index contributed by atoms with van der Waals surface area (Å²) in [5.41, 5.74) is 2.15. The van der Waals surface area contributed by atoms with Crippen molar-refractivity contribution >= 4 is 33.3 Å². The first kappa shape index (κ1) is 14.7. The fourth-order valence-corrected chi connectivity index (χ4v) is 2.26. The van der Waals surface area contributed by atoms with Gasteiger partial charge in [-0.05, 0) is 30.7 Å². The number of nitrogens with one attached hydrogen (secondary N) is 2. The number of anilines is 3. The van der Waals surface area contributed by atoms with Gasteiger partial charge in [0, 0.05) is 30.4 Å². The first-order valence-electron chi connectivity index (χ1n) is 6.20. The lowest BCUT2D eigenvalue weighted by molar-refractivity contribution is 0.178. The molecule has 1 aromatic carbocycles. The molecule has 2 N–H and O–H groups in total. The average Bonchev–Trinajstić information content (AvgIpc) is 2.42. The highest BCUT2D eigenvalue weighted by molar-refractivity contribution is 9.10. The van der Waals surface area contributed by atoms with Crippen LogP contribution in [0.5, 0.6) is 0 Å². The van der Waals surface area contributed by atoms with Gasteiger partial charge in [0.05, 0.1) is 0 Å². The van der Waals surface area contributed by atoms with Gasteiger partial charge in [-0.15, -0.1) is 0 Å². The van der Waals surface area contributed by atoms with Crippen molar-refractivity contribution in [2.45, 2.75) is 13.5 Å². The third-order valence-corrected chi connectivity index (χ3v) is 3.25. The van der Waals surface area contributed by atoms with Crippen molar-refractivity contribution in [2.75, 3.05) is 24.8 Å². The summed E-state index contributed by atoms with van der Waals surface area (Å²) in [4.78, 5) is 8.76. The van der Waals surface area contributed by atoms with Crippen LogP contribution in [-0.4, -0.2) is 24.1 Å². The summed E-state index contributed by atoms with van der Waals surface area (Å²) >= 11 is 3.46. The van der Waals surface area contributed by atoms with Crippen molar-refractivity contribution in [1.29, 1.82) is 0 Å². The van der Waals surface area contributed by atoms with E-state index in [4.69, 9.17) is 4.74 Å². The molecular weight excluding hydrogens is 320 g/mol. The van der Waals surface area contributed by atoms with E-state index in [9.17, 15) is 0 Å². The van der Waals surface area contributed by atoms with Crippen LogP contribution in [0.4, 0.5) is 17.3 Å². The van der Waals surface area contributed by atoms with Crippen LogP contribution in [0.1, 0.15) is 11.4 Å². The highest BCUT2D eigenvalue weighted by Gasteiger charge is 2.06. The van der Waals surface area contributed by atoms with Gasteiger partial charge >= 0.3 is 0 Å². The standard InChI is InChI=1S/C14H17BrN4O/c1-9-6-10(15)4-5-11(9)17-13-7-12(16-2)18-14(19-13)8-20-3/h4-7H,8H2,1-3H3,(H2,16,17,18,19). The third kappa shape index (κ3) is 3.68. The first-order chi connectivity index (χ1) is 9.62. The van der Waals surface area contributed by atoms with Crippen LogP contribution < -0.4 is 10.6 Å². The molecule has 2 aromatic rings. The van der Waals surface area contributed by atoms with E-state index in [1.165, 1.54) is 0 Å². The van der Waals surface area contributed by atoms with Crippen molar-refractivity contribution in [1.82, 2.24) is 9.97 Å². The zero-order valence-electron chi connectivity index (χ0n) is 11.7. The molecule has 106 valence electrons. The normalized spacial score (nSPS) is 10.4. The molecule has 0 spiro atoms. The van der Waals surface area contributed by atoms with Gasteiger partial charge < -0.3 is 15.4 Å². The Balaban J connectivity index is 2.29. The minimum Gasteiger partial charge on any atom is -0.377 e. The van der Waals surface area contributed by atoms with E-state index in [0.29, 0.717) is 12.4 Å². The van der Waals surface area contributed by atoms with E-state index in [1.807, 2.05) is 32.2 Å². The van der Waals surface area contributed by atoms with E-state index in [-0.39, 0.29) is 0 Å². The molecule has 0 aliphatic rings. The number of benzene rings is 1. The molecule has 20 heavy (non-hydrogen) atoms. The Morgan fingerprint density at radius 3 is 2.60 bits per heavy atom. The van der Waals surface area contributed by atoms with Crippen LogP contribution in [0.3, 0.4) is 0 Å². The zero-order chi connectivity index (χ0) is 14.5. The van der Waals surface area contributed by atoms with Crippen molar-refractivity contribution < 1.29 is 4.74 Å². The Bertz CT molecular complexity index is 604. The maximum atomic E-state index is 5.09. The van der Waals surface area contributed by atoms with Gasteiger partial charge in [-0.3, -0.25) is 0 Å². The molecule has 2 rings (SSSR count). The fraction of sp³-hybridized carbons (Fsp3) is 0.286. The molecule has 0 fully saturated rings. The molecule has 0 aliphatic heterocycles. The Morgan fingerprint density at radius 2 is 1.95 bits per heavy atom. The van der Waals surface area contributed by atoms with Crippen LogP contribution in [0, 0.1) is 6.92 Å². The van der Waals surface area contributed by atoms with Crippen LogP contribution in [0.2, 0.25) is 0 Å². The second-order valence-corrected chi connectivity index (χ2v) is 5.24. The second-order valence-electron chi connectivity index (χ2n) is 4.32. The summed E-state index contributed by atoms with van der Waals surface area (Å²) in [5, 5.41) is 6.33. The van der Waals surface area contributed by atoms with Gasteiger partial charge in [-0.2, -0.15) is 0 Å². The smallest absolute Gasteiger partial charge is 0.158 e. The fourth-order valence-electron chi connectivity index (χ4n) is 1.79. The minimum absolute atomic E-state index is 0.378. The number of aryl methyl sites for hydroxylation is 1. The maximum absolute atomic E-state index is 5.09. The van der Waals surface area contributed by atoms with Crippen molar-refractivity contribution in [3.63, 3.8) is 0 Å². The van der Waals surface area contributed by atoms with Crippen LogP contribution in [0.15, 0.2) is 28.7 Å². The minimum atomic E-state index is 0.378. The molecule has 0 aliphatic carbocycles. The molecule has 1 heterocycles. The summed E-state index contributed by atoms with van der Waals surface area (Å²) < 4.78 is 6.14. The van der Waals surface area contributed by atoms with Gasteiger partial charge in [-0.1, -0.05) is 15.9 Å². The van der Waals surface area contributed by atoms with E-state index in [1.54, 1.807) is 7.11 Å². The number of hydrogen-bond donors (Lipinski definition) is 2. The van der Waals surface area contributed by atoms with E-state index >= 15 is 0 Å². The maximum Gasteiger partial charge on any atom is 0.158 e. The number of nitrogens with zero attached hydrogens (tertiary/aromatic N) is 2. The summed E-state index contributed by atoms with van der Waals surface area (Å²) in [6, 6.07) is 7.92. The Hall–Kier alpha value is -1.66. The van der Waals surface area contributed by atoms with E-state index < -0.39 is 0 Å². The first-order valence-corrected chi connectivity index (χ1v) is 6.99. The number of methoxy groups -OCH3 is 1. The number of hydrogen-bond acceptors (Lipinski definition) is 5. The second kappa shape index (κ2) is 6.67. The van der Waals surface area contributed by atoms with Crippen molar-refractivity contribution in [3.05, 3.63) is 40.1 Å². The van der Waals surface area contributed by atoms with Crippen LogP contribution in [0.25, 0.3) is 0 Å².